The van der Waals surface area contributed by atoms with Crippen molar-refractivity contribution in [3.8, 4) is 0 Å². The Morgan fingerprint density at radius 1 is 0.938 bits per heavy atom. The van der Waals surface area contributed by atoms with Crippen LogP contribution in [0.2, 0.25) is 5.02 Å². The van der Waals surface area contributed by atoms with Gasteiger partial charge in [-0.1, -0.05) is 11.6 Å². The van der Waals surface area contributed by atoms with Crippen LogP contribution in [0.25, 0.3) is 21.8 Å². The maximum Gasteiger partial charge on any atom is 0.419 e. The van der Waals surface area contributed by atoms with Crippen molar-refractivity contribution in [2.45, 2.75) is 10.9 Å². The Hall–Kier alpha value is -4.74. The summed E-state index contributed by atoms with van der Waals surface area (Å²) < 4.78 is 10.9. The number of carbonyl (C=O) groups excluding carboxylic acids is 2. The molecule has 0 saturated heterocycles. The molecule has 5 aromatic rings. The van der Waals surface area contributed by atoms with Crippen LogP contribution in [0.3, 0.4) is 0 Å². The minimum absolute atomic E-state index is 0.0651. The summed E-state index contributed by atoms with van der Waals surface area (Å²) in [6, 6.07) is 4.76. The molecule has 48 heavy (non-hydrogen) atoms. The zero-order valence-electron chi connectivity index (χ0n) is 24.3. The fourth-order valence-corrected chi connectivity index (χ4v) is 4.06. The Bertz CT molecular complexity index is 2080. The number of rotatable bonds is 4. The number of hydrogen-bond donors (Lipinski definition) is 4. The van der Waals surface area contributed by atoms with Crippen LogP contribution in [0, 0.1) is 0 Å². The maximum absolute atomic E-state index is 11.7. The lowest BCUT2D eigenvalue weighted by Crippen LogP contribution is -2.20. The number of nitrogens with zero attached hydrogens (tertiary/aromatic N) is 3. The van der Waals surface area contributed by atoms with Crippen molar-refractivity contribution in [1.82, 2.24) is 24.9 Å². The van der Waals surface area contributed by atoms with Crippen molar-refractivity contribution in [2.24, 2.45) is 0 Å². The quantitative estimate of drug-likeness (QED) is 0.105. The summed E-state index contributed by atoms with van der Waals surface area (Å²) in [6.45, 7) is 1.84. The number of esters is 1. The zero-order chi connectivity index (χ0) is 36.0. The van der Waals surface area contributed by atoms with Crippen molar-refractivity contribution in [2.75, 3.05) is 19.0 Å². The van der Waals surface area contributed by atoms with Crippen LogP contribution in [0.4, 0.5) is 10.5 Å². The van der Waals surface area contributed by atoms with Crippen molar-refractivity contribution in [1.29, 1.82) is 0 Å². The summed E-state index contributed by atoms with van der Waals surface area (Å²) in [5.41, 5.74) is -0.829. The summed E-state index contributed by atoms with van der Waals surface area (Å²) >= 11 is 25.5. The summed E-state index contributed by atoms with van der Waals surface area (Å²) in [5, 5.41) is 12.2. The van der Waals surface area contributed by atoms with E-state index in [2.05, 4.69) is 51.0 Å². The van der Waals surface area contributed by atoms with Gasteiger partial charge in [0, 0.05) is 61.2 Å². The van der Waals surface area contributed by atoms with Gasteiger partial charge in [-0.25, -0.2) is 24.0 Å². The first kappa shape index (κ1) is 39.4. The van der Waals surface area contributed by atoms with Gasteiger partial charge < -0.3 is 29.3 Å². The number of anilines is 1. The minimum atomic E-state index is -2.04. The van der Waals surface area contributed by atoms with E-state index in [9.17, 15) is 28.8 Å². The van der Waals surface area contributed by atoms with Crippen LogP contribution < -0.4 is 22.3 Å². The van der Waals surface area contributed by atoms with E-state index in [1.165, 1.54) is 43.2 Å². The molecule has 0 atom stereocenters. The molecule has 0 radical (unpaired) electrons. The predicted molar refractivity (Wildman–Crippen MR) is 178 cm³/mol. The van der Waals surface area contributed by atoms with Gasteiger partial charge in [0.1, 0.15) is 16.5 Å². The number of carboxylic acid groups (broad SMARTS) is 1. The summed E-state index contributed by atoms with van der Waals surface area (Å²) in [5.74, 6) is -2.45. The second-order valence-electron chi connectivity index (χ2n) is 8.27. The number of fused-ring (bicyclic) bond motifs is 2. The van der Waals surface area contributed by atoms with Crippen molar-refractivity contribution < 1.29 is 33.4 Å². The summed E-state index contributed by atoms with van der Waals surface area (Å²) in [6.07, 6.45) is 8.69. The number of pyridine rings is 4. The molecule has 16 nitrogen and oxygen atoms in total. The molecule has 0 saturated carbocycles. The molecular weight excluding hydrogens is 746 g/mol. The molecule has 0 aliphatic heterocycles. The lowest BCUT2D eigenvalue weighted by atomic mass is 10.2. The second-order valence-corrected chi connectivity index (χ2v) is 11.1. The molecule has 5 heterocycles. The molecule has 5 rings (SSSR count). The molecule has 4 N–H and O–H groups in total. The van der Waals surface area contributed by atoms with E-state index in [-0.39, 0.29) is 28.1 Å². The number of carboxylic acids is 1. The number of halogens is 5. The van der Waals surface area contributed by atoms with Gasteiger partial charge in [0.25, 0.3) is 5.56 Å². The van der Waals surface area contributed by atoms with E-state index in [0.717, 1.165) is 0 Å². The fourth-order valence-electron chi connectivity index (χ4n) is 3.30. The third kappa shape index (κ3) is 12.1. The number of alkyl halides is 3. The largest absolute Gasteiger partial charge is 0.478 e. The van der Waals surface area contributed by atoms with Gasteiger partial charge in [0.15, 0.2) is 0 Å². The molecule has 0 unspecified atom stereocenters. The fraction of sp³-hybridized carbons (Fsp3) is 0.148. The second kappa shape index (κ2) is 18.6. The molecule has 5 aromatic heterocycles. The molecule has 21 heteroatoms. The highest BCUT2D eigenvalue weighted by Gasteiger charge is 2.23. The molecule has 0 aliphatic rings. The lowest BCUT2D eigenvalue weighted by Gasteiger charge is -2.06. The molecule has 254 valence electrons. The molecular formula is C27H21Cl5N6O10. The Labute approximate surface area is 292 Å². The van der Waals surface area contributed by atoms with Crippen LogP contribution in [0.15, 0.2) is 74.2 Å². The summed E-state index contributed by atoms with van der Waals surface area (Å²) in [7, 11) is 1.67. The number of H-pyrrole nitrogens is 2. The van der Waals surface area contributed by atoms with Crippen molar-refractivity contribution in [3.05, 3.63) is 103 Å². The Kier molecular flexibility index (Phi) is 15.2. The normalized spacial score (nSPS) is 10.2. The highest BCUT2D eigenvalue weighted by molar-refractivity contribution is 6.69. The third-order valence-electron chi connectivity index (χ3n) is 5.21. The Morgan fingerprint density at radius 2 is 1.50 bits per heavy atom. The van der Waals surface area contributed by atoms with E-state index < -0.39 is 38.3 Å². The molecule has 0 bridgehead atoms. The van der Waals surface area contributed by atoms with Gasteiger partial charge >= 0.3 is 32.7 Å². The van der Waals surface area contributed by atoms with Crippen LogP contribution in [-0.2, 0) is 9.47 Å². The third-order valence-corrected chi connectivity index (χ3v) is 5.91. The van der Waals surface area contributed by atoms with Crippen LogP contribution in [0.5, 0.6) is 0 Å². The number of aromatic nitrogens is 5. The molecule has 0 aromatic carbocycles. The lowest BCUT2D eigenvalue weighted by molar-refractivity contribution is 0.0524. The molecule has 0 aliphatic carbocycles. The van der Waals surface area contributed by atoms with Crippen LogP contribution in [-0.4, -0.2) is 65.0 Å². The SMILES string of the molecule is CCOC(=O)c1c(Cl)c2cnccc2[nH]c1=O.CNc1ccncc1C(=O)O.O=C(Cl)OC(Cl)(Cl)Cl.O=c1[nH]c2ccncc2c(=O)o1. The first-order valence-electron chi connectivity index (χ1n) is 12.7. The van der Waals surface area contributed by atoms with Gasteiger partial charge in [0.05, 0.1) is 28.4 Å². The average molecular weight is 767 g/mol. The van der Waals surface area contributed by atoms with Gasteiger partial charge in [-0.2, -0.15) is 0 Å². The van der Waals surface area contributed by atoms with Gasteiger partial charge in [-0.15, -0.1) is 0 Å². The van der Waals surface area contributed by atoms with Gasteiger partial charge in [-0.3, -0.25) is 24.7 Å². The number of ether oxygens (including phenoxy) is 2. The number of carbonyl (C=O) groups is 3. The van der Waals surface area contributed by atoms with Crippen molar-refractivity contribution >= 4 is 103 Å². The Balaban J connectivity index is 0.000000231. The minimum Gasteiger partial charge on any atom is -0.478 e. The molecule has 0 spiro atoms. The zero-order valence-corrected chi connectivity index (χ0v) is 28.0. The van der Waals surface area contributed by atoms with Gasteiger partial charge in [0.2, 0.25) is 0 Å². The van der Waals surface area contributed by atoms with E-state index >= 15 is 0 Å². The van der Waals surface area contributed by atoms with E-state index in [1.807, 2.05) is 0 Å². The summed E-state index contributed by atoms with van der Waals surface area (Å²) in [4.78, 5) is 81.4. The van der Waals surface area contributed by atoms with Crippen molar-refractivity contribution in [3.63, 3.8) is 0 Å². The molecule has 0 fully saturated rings. The monoisotopic (exact) mass is 764 g/mol. The average Bonchev–Trinajstić information content (AvgIpc) is 3.01. The number of nitrogens with one attached hydrogen (secondary N) is 3. The number of hydrogen-bond acceptors (Lipinski definition) is 13. The van der Waals surface area contributed by atoms with Crippen LogP contribution in [0.1, 0.15) is 27.6 Å². The van der Waals surface area contributed by atoms with E-state index in [1.54, 1.807) is 26.1 Å². The first-order chi connectivity index (χ1) is 22.6. The molecule has 0 amide bonds. The first-order valence-corrected chi connectivity index (χ1v) is 14.6. The van der Waals surface area contributed by atoms with E-state index in [0.29, 0.717) is 22.1 Å². The predicted octanol–water partition coefficient (Wildman–Crippen LogP) is 5.14. The highest BCUT2D eigenvalue weighted by Crippen LogP contribution is 2.28. The maximum atomic E-state index is 11.7. The smallest absolute Gasteiger partial charge is 0.419 e. The number of aromatic amines is 2. The number of aromatic carboxylic acids is 1. The van der Waals surface area contributed by atoms with E-state index in [4.69, 9.17) is 56.2 Å². The standard InChI is InChI=1S/C11H9ClN2O3.C7H4N2O3.C7H8N2O2.C2Cl4O2/c1-2-17-11(16)8-9(12)6-5-13-4-3-7(6)14-10(8)15;10-6-4-3-8-2-1-5(4)9-7(11)12-6;1-8-6-2-3-9-4-5(6)7(10)11;3-1(7)8-2(4,5)6/h3-5H,2H2,1H3,(H,14,15);1-3H,(H,9,11);2-4H,1H3,(H,8,9)(H,10,11);. The van der Waals surface area contributed by atoms with Gasteiger partial charge in [-0.05, 0) is 59.9 Å². The highest BCUT2D eigenvalue weighted by atomic mass is 35.6. The topological polar surface area (TPSA) is 237 Å². The Morgan fingerprint density at radius 3 is 2.00 bits per heavy atom. The van der Waals surface area contributed by atoms with Crippen LogP contribution >= 0.6 is 58.0 Å².